The van der Waals surface area contributed by atoms with Crippen molar-refractivity contribution in [3.05, 3.63) is 17.8 Å². The lowest BCUT2D eigenvalue weighted by Crippen LogP contribution is -2.27. The molecule has 1 N–H and O–H groups in total. The van der Waals surface area contributed by atoms with Gasteiger partial charge in [-0.1, -0.05) is 0 Å². The summed E-state index contributed by atoms with van der Waals surface area (Å²) in [6.07, 6.45) is 2.65. The molecule has 15 heavy (non-hydrogen) atoms. The van der Waals surface area contributed by atoms with Gasteiger partial charge in [-0.05, 0) is 20.9 Å². The molecule has 0 fully saturated rings. The molecule has 0 spiro atoms. The Hall–Kier alpha value is -0.880. The second-order valence-corrected chi connectivity index (χ2v) is 6.50. The summed E-state index contributed by atoms with van der Waals surface area (Å²) < 4.78 is 27.4. The van der Waals surface area contributed by atoms with Gasteiger partial charge in [0.15, 0.2) is 9.84 Å². The SMILES string of the molecule is CNCc1ncc(C(C)(C)S(C)(=O)=O)o1. The number of nitrogens with one attached hydrogen (secondary N) is 1. The zero-order valence-electron chi connectivity index (χ0n) is 9.36. The molecule has 0 aliphatic carbocycles. The van der Waals surface area contributed by atoms with Crippen molar-refractivity contribution in [3.8, 4) is 0 Å². The molecule has 1 rings (SSSR count). The number of hydrogen-bond acceptors (Lipinski definition) is 5. The summed E-state index contributed by atoms with van der Waals surface area (Å²) in [5, 5.41) is 2.88. The van der Waals surface area contributed by atoms with Crippen LogP contribution in [0.5, 0.6) is 0 Å². The van der Waals surface area contributed by atoms with Crippen LogP contribution in [-0.4, -0.2) is 26.7 Å². The van der Waals surface area contributed by atoms with Crippen molar-refractivity contribution >= 4 is 9.84 Å². The number of oxazole rings is 1. The van der Waals surface area contributed by atoms with E-state index >= 15 is 0 Å². The largest absolute Gasteiger partial charge is 0.443 e. The van der Waals surface area contributed by atoms with Crippen LogP contribution in [0, 0.1) is 0 Å². The second-order valence-electron chi connectivity index (χ2n) is 3.93. The Bertz CT molecular complexity index is 434. The molecule has 1 aromatic rings. The molecule has 0 aromatic carbocycles. The number of nitrogens with zero attached hydrogens (tertiary/aromatic N) is 1. The van der Waals surface area contributed by atoms with Crippen molar-refractivity contribution in [2.45, 2.75) is 25.1 Å². The van der Waals surface area contributed by atoms with Crippen molar-refractivity contribution in [2.75, 3.05) is 13.3 Å². The van der Waals surface area contributed by atoms with Gasteiger partial charge in [-0.2, -0.15) is 0 Å². The number of hydrogen-bond donors (Lipinski definition) is 1. The van der Waals surface area contributed by atoms with Gasteiger partial charge in [0, 0.05) is 6.26 Å². The van der Waals surface area contributed by atoms with Crippen LogP contribution in [0.1, 0.15) is 25.5 Å². The summed E-state index contributed by atoms with van der Waals surface area (Å²) in [7, 11) is -1.44. The molecule has 0 saturated heterocycles. The Morgan fingerprint density at radius 1 is 1.53 bits per heavy atom. The minimum Gasteiger partial charge on any atom is -0.443 e. The van der Waals surface area contributed by atoms with Crippen LogP contribution in [0.4, 0.5) is 0 Å². The van der Waals surface area contributed by atoms with E-state index in [4.69, 9.17) is 4.42 Å². The van der Waals surface area contributed by atoms with E-state index in [1.165, 1.54) is 12.5 Å². The Kier molecular flexibility index (Phi) is 3.20. The molecule has 86 valence electrons. The van der Waals surface area contributed by atoms with Crippen LogP contribution in [0.15, 0.2) is 10.6 Å². The van der Waals surface area contributed by atoms with Gasteiger partial charge in [0.1, 0.15) is 10.5 Å². The third-order valence-electron chi connectivity index (χ3n) is 2.40. The van der Waals surface area contributed by atoms with E-state index in [0.29, 0.717) is 18.2 Å². The highest BCUT2D eigenvalue weighted by molar-refractivity contribution is 7.91. The summed E-state index contributed by atoms with van der Waals surface area (Å²) in [4.78, 5) is 3.99. The Balaban J connectivity index is 3.06. The number of sulfone groups is 1. The highest BCUT2D eigenvalue weighted by atomic mass is 32.2. The minimum atomic E-state index is -3.21. The summed E-state index contributed by atoms with van der Waals surface area (Å²) in [6.45, 7) is 3.69. The fourth-order valence-electron chi connectivity index (χ4n) is 1.00. The van der Waals surface area contributed by atoms with Gasteiger partial charge in [0.25, 0.3) is 0 Å². The third-order valence-corrected chi connectivity index (χ3v) is 4.46. The van der Waals surface area contributed by atoms with Gasteiger partial charge >= 0.3 is 0 Å². The molecule has 0 unspecified atom stereocenters. The maximum absolute atomic E-state index is 11.5. The normalized spacial score (nSPS) is 13.1. The van der Waals surface area contributed by atoms with Crippen molar-refractivity contribution in [1.82, 2.24) is 10.3 Å². The van der Waals surface area contributed by atoms with Gasteiger partial charge in [-0.25, -0.2) is 13.4 Å². The van der Waals surface area contributed by atoms with Gasteiger partial charge < -0.3 is 9.73 Å². The van der Waals surface area contributed by atoms with E-state index < -0.39 is 14.6 Å². The van der Waals surface area contributed by atoms with E-state index in [1.54, 1.807) is 20.9 Å². The highest BCUT2D eigenvalue weighted by Gasteiger charge is 2.36. The quantitative estimate of drug-likeness (QED) is 0.826. The number of rotatable bonds is 4. The van der Waals surface area contributed by atoms with Crippen molar-refractivity contribution in [3.63, 3.8) is 0 Å². The molecule has 0 aliphatic heterocycles. The summed E-state index contributed by atoms with van der Waals surface area (Å²) in [6, 6.07) is 0. The predicted molar refractivity (Wildman–Crippen MR) is 57.1 cm³/mol. The molecule has 0 amide bonds. The van der Waals surface area contributed by atoms with E-state index in [2.05, 4.69) is 10.3 Å². The molecule has 0 aliphatic rings. The van der Waals surface area contributed by atoms with Crippen LogP contribution in [0.25, 0.3) is 0 Å². The first kappa shape index (κ1) is 12.2. The lowest BCUT2D eigenvalue weighted by molar-refractivity contribution is 0.407. The van der Waals surface area contributed by atoms with E-state index in [1.807, 2.05) is 0 Å². The molecule has 0 radical (unpaired) electrons. The zero-order chi connectivity index (χ0) is 11.7. The fourth-order valence-corrected chi connectivity index (χ4v) is 1.46. The maximum atomic E-state index is 11.5. The molecule has 5 nitrogen and oxygen atoms in total. The average molecular weight is 232 g/mol. The summed E-state index contributed by atoms with van der Waals surface area (Å²) >= 11 is 0. The van der Waals surface area contributed by atoms with Gasteiger partial charge in [-0.15, -0.1) is 0 Å². The zero-order valence-corrected chi connectivity index (χ0v) is 10.2. The summed E-state index contributed by atoms with van der Waals surface area (Å²) in [5.74, 6) is 0.861. The van der Waals surface area contributed by atoms with E-state index in [-0.39, 0.29) is 0 Å². The van der Waals surface area contributed by atoms with Crippen LogP contribution < -0.4 is 5.32 Å². The smallest absolute Gasteiger partial charge is 0.208 e. The van der Waals surface area contributed by atoms with Gasteiger partial charge in [-0.3, -0.25) is 0 Å². The minimum absolute atomic E-state index is 0.371. The molecule has 0 atom stereocenters. The van der Waals surface area contributed by atoms with Crippen molar-refractivity contribution in [2.24, 2.45) is 0 Å². The Morgan fingerprint density at radius 3 is 2.60 bits per heavy atom. The van der Waals surface area contributed by atoms with Crippen LogP contribution >= 0.6 is 0 Å². The number of aromatic nitrogens is 1. The first-order valence-electron chi connectivity index (χ1n) is 4.58. The van der Waals surface area contributed by atoms with E-state index in [9.17, 15) is 8.42 Å². The monoisotopic (exact) mass is 232 g/mol. The molecular formula is C9H16N2O3S. The fraction of sp³-hybridized carbons (Fsp3) is 0.667. The first-order chi connectivity index (χ1) is 6.79. The van der Waals surface area contributed by atoms with Crippen LogP contribution in [-0.2, 0) is 21.1 Å². The molecule has 1 aromatic heterocycles. The molecular weight excluding hydrogens is 216 g/mol. The Morgan fingerprint density at radius 2 is 2.13 bits per heavy atom. The maximum Gasteiger partial charge on any atom is 0.208 e. The Labute approximate surface area is 89.8 Å². The molecule has 0 bridgehead atoms. The molecule has 6 heteroatoms. The standard InChI is InChI=1S/C9H16N2O3S/c1-9(2,15(4,12)13)7-5-11-8(14-7)6-10-3/h5,10H,6H2,1-4H3. The predicted octanol–water partition coefficient (Wildman–Crippen LogP) is 0.674. The second kappa shape index (κ2) is 3.94. The lowest BCUT2D eigenvalue weighted by Gasteiger charge is -2.18. The summed E-state index contributed by atoms with van der Waals surface area (Å²) in [5.41, 5.74) is 0. The van der Waals surface area contributed by atoms with Crippen LogP contribution in [0.3, 0.4) is 0 Å². The average Bonchev–Trinajstić information content (AvgIpc) is 2.51. The van der Waals surface area contributed by atoms with E-state index in [0.717, 1.165) is 0 Å². The van der Waals surface area contributed by atoms with Gasteiger partial charge in [0.2, 0.25) is 5.89 Å². The van der Waals surface area contributed by atoms with Crippen molar-refractivity contribution in [1.29, 1.82) is 0 Å². The highest BCUT2D eigenvalue weighted by Crippen LogP contribution is 2.29. The molecule has 1 heterocycles. The first-order valence-corrected chi connectivity index (χ1v) is 6.47. The van der Waals surface area contributed by atoms with Crippen LogP contribution in [0.2, 0.25) is 0 Å². The molecule has 0 saturated carbocycles. The van der Waals surface area contributed by atoms with Gasteiger partial charge in [0.05, 0.1) is 12.7 Å². The topological polar surface area (TPSA) is 72.2 Å². The van der Waals surface area contributed by atoms with Crippen molar-refractivity contribution < 1.29 is 12.8 Å². The lowest BCUT2D eigenvalue weighted by atomic mass is 10.2. The third kappa shape index (κ3) is 2.38.